The molecule has 0 heterocycles. The SMILES string of the molecule is CC(=O)Nc1c(O)ccc(Cl)c1C(C)O. The van der Waals surface area contributed by atoms with Gasteiger partial charge in [0, 0.05) is 17.5 Å². The van der Waals surface area contributed by atoms with Crippen LogP contribution in [0, 0.1) is 0 Å². The zero-order chi connectivity index (χ0) is 11.6. The minimum absolute atomic E-state index is 0.120. The zero-order valence-corrected chi connectivity index (χ0v) is 9.17. The van der Waals surface area contributed by atoms with Crippen LogP contribution in [0.25, 0.3) is 0 Å². The van der Waals surface area contributed by atoms with Crippen molar-refractivity contribution in [3.63, 3.8) is 0 Å². The summed E-state index contributed by atoms with van der Waals surface area (Å²) in [4.78, 5) is 10.9. The standard InChI is InChI=1S/C10H12ClNO3/c1-5(13)9-7(11)3-4-8(15)10(9)12-6(2)14/h3-5,13,15H,1-2H3,(H,12,14). The molecule has 1 unspecified atom stereocenters. The third-order valence-electron chi connectivity index (χ3n) is 1.89. The summed E-state index contributed by atoms with van der Waals surface area (Å²) in [5, 5.41) is 21.7. The molecule has 0 spiro atoms. The van der Waals surface area contributed by atoms with Crippen LogP contribution in [0.5, 0.6) is 5.75 Å². The quantitative estimate of drug-likeness (QED) is 0.680. The largest absolute Gasteiger partial charge is 0.506 e. The van der Waals surface area contributed by atoms with E-state index in [1.54, 1.807) is 0 Å². The molecule has 1 aromatic rings. The van der Waals surface area contributed by atoms with E-state index in [1.807, 2.05) is 0 Å². The van der Waals surface area contributed by atoms with E-state index in [1.165, 1.54) is 26.0 Å². The Balaban J connectivity index is 3.31. The van der Waals surface area contributed by atoms with E-state index >= 15 is 0 Å². The van der Waals surface area contributed by atoms with Gasteiger partial charge in [-0.3, -0.25) is 4.79 Å². The Labute approximate surface area is 92.5 Å². The summed E-state index contributed by atoms with van der Waals surface area (Å²) in [7, 11) is 0. The van der Waals surface area contributed by atoms with Crippen molar-refractivity contribution < 1.29 is 15.0 Å². The number of halogens is 1. The highest BCUT2D eigenvalue weighted by Gasteiger charge is 2.16. The number of anilines is 1. The summed E-state index contributed by atoms with van der Waals surface area (Å²) in [6.07, 6.45) is -0.869. The normalized spacial score (nSPS) is 12.3. The van der Waals surface area contributed by atoms with Crippen LogP contribution in [-0.4, -0.2) is 16.1 Å². The van der Waals surface area contributed by atoms with Crippen molar-refractivity contribution in [2.24, 2.45) is 0 Å². The lowest BCUT2D eigenvalue weighted by molar-refractivity contribution is -0.114. The molecule has 0 aliphatic carbocycles. The molecule has 0 saturated heterocycles. The first kappa shape index (κ1) is 11.8. The zero-order valence-electron chi connectivity index (χ0n) is 8.41. The van der Waals surface area contributed by atoms with Gasteiger partial charge in [0.05, 0.1) is 11.8 Å². The van der Waals surface area contributed by atoms with Gasteiger partial charge in [0.1, 0.15) is 5.75 Å². The Morgan fingerprint density at radius 2 is 2.13 bits per heavy atom. The second-order valence-electron chi connectivity index (χ2n) is 3.21. The molecule has 1 aromatic carbocycles. The Morgan fingerprint density at radius 1 is 1.53 bits per heavy atom. The molecule has 0 aliphatic rings. The molecule has 1 amide bonds. The number of phenolic OH excluding ortho intramolecular Hbond substituents is 1. The fraction of sp³-hybridized carbons (Fsp3) is 0.300. The Bertz CT molecular complexity index is 390. The number of hydrogen-bond acceptors (Lipinski definition) is 3. The topological polar surface area (TPSA) is 69.6 Å². The number of rotatable bonds is 2. The fourth-order valence-electron chi connectivity index (χ4n) is 1.30. The molecule has 0 radical (unpaired) electrons. The molecule has 4 nitrogen and oxygen atoms in total. The molecule has 5 heteroatoms. The van der Waals surface area contributed by atoms with Gasteiger partial charge in [-0.2, -0.15) is 0 Å². The molecular weight excluding hydrogens is 218 g/mol. The maximum absolute atomic E-state index is 10.9. The van der Waals surface area contributed by atoms with E-state index in [4.69, 9.17) is 11.6 Å². The van der Waals surface area contributed by atoms with Gasteiger partial charge in [0.25, 0.3) is 0 Å². The molecule has 0 fully saturated rings. The number of carbonyl (C=O) groups excluding carboxylic acids is 1. The maximum Gasteiger partial charge on any atom is 0.221 e. The van der Waals surface area contributed by atoms with Crippen molar-refractivity contribution in [3.05, 3.63) is 22.7 Å². The monoisotopic (exact) mass is 229 g/mol. The van der Waals surface area contributed by atoms with Crippen LogP contribution >= 0.6 is 11.6 Å². The van der Waals surface area contributed by atoms with E-state index in [0.717, 1.165) is 0 Å². The first-order valence-corrected chi connectivity index (χ1v) is 4.78. The molecule has 1 atom stereocenters. The summed E-state index contributed by atoms with van der Waals surface area (Å²) in [6.45, 7) is 2.82. The van der Waals surface area contributed by atoms with E-state index < -0.39 is 6.10 Å². The lowest BCUT2D eigenvalue weighted by atomic mass is 10.1. The van der Waals surface area contributed by atoms with Crippen LogP contribution in [-0.2, 0) is 4.79 Å². The lowest BCUT2D eigenvalue weighted by Crippen LogP contribution is -2.10. The Morgan fingerprint density at radius 3 is 2.60 bits per heavy atom. The molecule has 3 N–H and O–H groups in total. The summed E-state index contributed by atoms with van der Waals surface area (Å²) >= 11 is 5.86. The first-order chi connectivity index (χ1) is 6.93. The molecule has 1 rings (SSSR count). The van der Waals surface area contributed by atoms with Crippen LogP contribution in [0.4, 0.5) is 5.69 Å². The molecule has 0 saturated carbocycles. The smallest absolute Gasteiger partial charge is 0.221 e. The second-order valence-corrected chi connectivity index (χ2v) is 3.62. The number of carbonyl (C=O) groups is 1. The van der Waals surface area contributed by atoms with E-state index in [0.29, 0.717) is 10.6 Å². The molecular formula is C10H12ClNO3. The van der Waals surface area contributed by atoms with Crippen molar-refractivity contribution in [2.45, 2.75) is 20.0 Å². The third-order valence-corrected chi connectivity index (χ3v) is 2.22. The highest BCUT2D eigenvalue weighted by atomic mass is 35.5. The molecule has 0 aliphatic heterocycles. The summed E-state index contributed by atoms with van der Waals surface area (Å²) in [5.41, 5.74) is 0.469. The molecule has 0 aromatic heterocycles. The van der Waals surface area contributed by atoms with Gasteiger partial charge in [-0.1, -0.05) is 11.6 Å². The summed E-state index contributed by atoms with van der Waals surface area (Å²) < 4.78 is 0. The van der Waals surface area contributed by atoms with Gasteiger partial charge in [-0.25, -0.2) is 0 Å². The van der Waals surface area contributed by atoms with Crippen molar-refractivity contribution >= 4 is 23.2 Å². The average molecular weight is 230 g/mol. The highest BCUT2D eigenvalue weighted by molar-refractivity contribution is 6.32. The Hall–Kier alpha value is -1.26. The van der Waals surface area contributed by atoms with Crippen LogP contribution in [0.2, 0.25) is 5.02 Å². The number of aliphatic hydroxyl groups excluding tert-OH is 1. The molecule has 0 bridgehead atoms. The number of hydrogen-bond donors (Lipinski definition) is 3. The van der Waals surface area contributed by atoms with Crippen LogP contribution in [0.1, 0.15) is 25.5 Å². The third kappa shape index (κ3) is 2.61. The number of aromatic hydroxyl groups is 1. The predicted molar refractivity (Wildman–Crippen MR) is 58.1 cm³/mol. The van der Waals surface area contributed by atoms with Gasteiger partial charge in [0.15, 0.2) is 0 Å². The number of amides is 1. The van der Waals surface area contributed by atoms with Crippen molar-refractivity contribution in [2.75, 3.05) is 5.32 Å². The minimum Gasteiger partial charge on any atom is -0.506 e. The maximum atomic E-state index is 10.9. The number of benzene rings is 1. The van der Waals surface area contributed by atoms with E-state index in [2.05, 4.69) is 5.32 Å². The lowest BCUT2D eigenvalue weighted by Gasteiger charge is -2.15. The molecule has 15 heavy (non-hydrogen) atoms. The van der Waals surface area contributed by atoms with Crippen molar-refractivity contribution in [3.8, 4) is 5.75 Å². The van der Waals surface area contributed by atoms with Crippen LogP contribution in [0.3, 0.4) is 0 Å². The number of aliphatic hydroxyl groups is 1. The Kier molecular flexibility index (Phi) is 3.55. The highest BCUT2D eigenvalue weighted by Crippen LogP contribution is 2.36. The van der Waals surface area contributed by atoms with Crippen molar-refractivity contribution in [1.82, 2.24) is 0 Å². The number of phenols is 1. The fourth-order valence-corrected chi connectivity index (χ4v) is 1.61. The van der Waals surface area contributed by atoms with Gasteiger partial charge in [-0.15, -0.1) is 0 Å². The van der Waals surface area contributed by atoms with Gasteiger partial charge >= 0.3 is 0 Å². The first-order valence-electron chi connectivity index (χ1n) is 4.40. The predicted octanol–water partition coefficient (Wildman–Crippen LogP) is 2.06. The average Bonchev–Trinajstić information content (AvgIpc) is 2.10. The molecule has 82 valence electrons. The minimum atomic E-state index is -0.869. The van der Waals surface area contributed by atoms with E-state index in [9.17, 15) is 15.0 Å². The summed E-state index contributed by atoms with van der Waals surface area (Å²) in [5.74, 6) is -0.458. The van der Waals surface area contributed by atoms with E-state index in [-0.39, 0.29) is 17.3 Å². The van der Waals surface area contributed by atoms with Gasteiger partial charge < -0.3 is 15.5 Å². The second kappa shape index (κ2) is 4.51. The van der Waals surface area contributed by atoms with Gasteiger partial charge in [0.2, 0.25) is 5.91 Å². The number of nitrogens with one attached hydrogen (secondary N) is 1. The van der Waals surface area contributed by atoms with Crippen molar-refractivity contribution in [1.29, 1.82) is 0 Å². The van der Waals surface area contributed by atoms with Gasteiger partial charge in [-0.05, 0) is 19.1 Å². The van der Waals surface area contributed by atoms with Crippen LogP contribution < -0.4 is 5.32 Å². The van der Waals surface area contributed by atoms with Crippen LogP contribution in [0.15, 0.2) is 12.1 Å². The summed E-state index contributed by atoms with van der Waals surface area (Å²) in [6, 6.07) is 2.82.